The molecule has 0 bridgehead atoms. The van der Waals surface area contributed by atoms with Gasteiger partial charge in [0.05, 0.1) is 0 Å². The van der Waals surface area contributed by atoms with Crippen molar-refractivity contribution in [3.8, 4) is 0 Å². The van der Waals surface area contributed by atoms with Crippen LogP contribution >= 0.6 is 0 Å². The van der Waals surface area contributed by atoms with Gasteiger partial charge < -0.3 is 10.4 Å². The minimum atomic E-state index is -0.666. The van der Waals surface area contributed by atoms with E-state index in [9.17, 15) is 9.90 Å². The van der Waals surface area contributed by atoms with Crippen LogP contribution in [0.3, 0.4) is 0 Å². The summed E-state index contributed by atoms with van der Waals surface area (Å²) >= 11 is 0. The Bertz CT molecular complexity index is 253. The third kappa shape index (κ3) is 3.70. The van der Waals surface area contributed by atoms with Gasteiger partial charge in [-0.3, -0.25) is 4.79 Å². The highest BCUT2D eigenvalue weighted by Gasteiger charge is 2.41. The summed E-state index contributed by atoms with van der Waals surface area (Å²) < 4.78 is 0. The number of hydrogen-bond acceptors (Lipinski definition) is 2. The van der Waals surface area contributed by atoms with Crippen LogP contribution < -0.4 is 5.32 Å². The van der Waals surface area contributed by atoms with Gasteiger partial charge in [0, 0.05) is 0 Å². The van der Waals surface area contributed by atoms with Crippen molar-refractivity contribution in [1.82, 2.24) is 5.32 Å². The topological polar surface area (TPSA) is 49.3 Å². The van der Waals surface area contributed by atoms with Crippen LogP contribution in [0.5, 0.6) is 0 Å². The fourth-order valence-corrected chi connectivity index (χ4v) is 2.67. The van der Waals surface area contributed by atoms with Gasteiger partial charge in [-0.15, -0.1) is 0 Å². The minimum absolute atomic E-state index is 0.494. The van der Waals surface area contributed by atoms with Crippen molar-refractivity contribution in [2.45, 2.75) is 58.9 Å². The van der Waals surface area contributed by atoms with Crippen molar-refractivity contribution in [3.05, 3.63) is 0 Å². The second-order valence-electron chi connectivity index (χ2n) is 6.24. The average molecular weight is 241 g/mol. The Labute approximate surface area is 105 Å². The first-order valence-electron chi connectivity index (χ1n) is 6.86. The zero-order chi connectivity index (χ0) is 13.1. The molecule has 1 rings (SSSR count). The second kappa shape index (κ2) is 5.85. The minimum Gasteiger partial charge on any atom is -0.480 e. The molecule has 0 radical (unpaired) electrons. The molecule has 100 valence electrons. The van der Waals surface area contributed by atoms with Gasteiger partial charge in [0.1, 0.15) is 5.54 Å². The molecule has 0 aromatic rings. The van der Waals surface area contributed by atoms with Gasteiger partial charge in [-0.05, 0) is 50.0 Å². The van der Waals surface area contributed by atoms with Crippen molar-refractivity contribution < 1.29 is 9.90 Å². The van der Waals surface area contributed by atoms with Gasteiger partial charge in [-0.2, -0.15) is 0 Å². The first-order chi connectivity index (χ1) is 7.87. The molecule has 1 aliphatic carbocycles. The van der Waals surface area contributed by atoms with Gasteiger partial charge >= 0.3 is 5.97 Å². The maximum Gasteiger partial charge on any atom is 0.323 e. The fourth-order valence-electron chi connectivity index (χ4n) is 2.67. The van der Waals surface area contributed by atoms with E-state index < -0.39 is 11.5 Å². The lowest BCUT2D eigenvalue weighted by atomic mass is 9.72. The molecule has 0 aromatic heterocycles. The van der Waals surface area contributed by atoms with E-state index in [1.807, 2.05) is 0 Å². The van der Waals surface area contributed by atoms with Gasteiger partial charge in [-0.1, -0.05) is 27.7 Å². The molecule has 0 saturated heterocycles. The molecule has 1 saturated carbocycles. The first kappa shape index (κ1) is 14.5. The first-order valence-corrected chi connectivity index (χ1v) is 6.86. The number of carboxylic acid groups (broad SMARTS) is 1. The summed E-state index contributed by atoms with van der Waals surface area (Å²) in [5.41, 5.74) is -0.657. The van der Waals surface area contributed by atoms with Crippen molar-refractivity contribution in [1.29, 1.82) is 0 Å². The van der Waals surface area contributed by atoms with Crippen LogP contribution in [0.4, 0.5) is 0 Å². The molecular formula is C14H27NO2. The van der Waals surface area contributed by atoms with E-state index in [1.165, 1.54) is 0 Å². The van der Waals surface area contributed by atoms with Crippen LogP contribution in [0.1, 0.15) is 53.4 Å². The van der Waals surface area contributed by atoms with E-state index in [4.69, 9.17) is 0 Å². The summed E-state index contributed by atoms with van der Waals surface area (Å²) in [5, 5.41) is 12.8. The number of nitrogens with one attached hydrogen (secondary N) is 1. The average Bonchev–Trinajstić information content (AvgIpc) is 2.26. The Hall–Kier alpha value is -0.570. The van der Waals surface area contributed by atoms with E-state index in [0.717, 1.165) is 32.2 Å². The maximum atomic E-state index is 11.5. The molecule has 1 fully saturated rings. The number of aliphatic carboxylic acids is 1. The summed E-state index contributed by atoms with van der Waals surface area (Å²) in [7, 11) is 0. The number of hydrogen-bond donors (Lipinski definition) is 2. The lowest BCUT2D eigenvalue weighted by Crippen LogP contribution is -2.55. The third-order valence-electron chi connectivity index (χ3n) is 4.08. The molecule has 3 heteroatoms. The summed E-state index contributed by atoms with van der Waals surface area (Å²) in [5.74, 6) is 1.20. The summed E-state index contributed by atoms with van der Waals surface area (Å²) in [6.07, 6.45) is 3.62. The van der Waals surface area contributed by atoms with Crippen LogP contribution in [0.25, 0.3) is 0 Å². The quantitative estimate of drug-likeness (QED) is 0.778. The lowest BCUT2D eigenvalue weighted by molar-refractivity contribution is -0.147. The van der Waals surface area contributed by atoms with E-state index in [1.54, 1.807) is 0 Å². The SMILES string of the molecule is CC(C)CNC1(C(=O)O)CCC(C(C)C)CC1. The lowest BCUT2D eigenvalue weighted by Gasteiger charge is -2.39. The van der Waals surface area contributed by atoms with Gasteiger partial charge in [-0.25, -0.2) is 0 Å². The van der Waals surface area contributed by atoms with Crippen molar-refractivity contribution in [2.75, 3.05) is 6.54 Å². The number of rotatable bonds is 5. The van der Waals surface area contributed by atoms with E-state index in [-0.39, 0.29) is 0 Å². The van der Waals surface area contributed by atoms with Crippen molar-refractivity contribution in [2.24, 2.45) is 17.8 Å². The van der Waals surface area contributed by atoms with Crippen LogP contribution in [-0.4, -0.2) is 23.2 Å². The van der Waals surface area contributed by atoms with Crippen LogP contribution in [-0.2, 0) is 4.79 Å². The van der Waals surface area contributed by atoms with Crippen molar-refractivity contribution in [3.63, 3.8) is 0 Å². The zero-order valence-electron chi connectivity index (χ0n) is 11.6. The third-order valence-corrected chi connectivity index (χ3v) is 4.08. The van der Waals surface area contributed by atoms with Crippen LogP contribution in [0, 0.1) is 17.8 Å². The Morgan fingerprint density at radius 2 is 1.82 bits per heavy atom. The Balaban J connectivity index is 2.60. The summed E-state index contributed by atoms with van der Waals surface area (Å²) in [6.45, 7) is 9.49. The Morgan fingerprint density at radius 3 is 2.18 bits per heavy atom. The highest BCUT2D eigenvalue weighted by Crippen LogP contribution is 2.36. The molecule has 2 N–H and O–H groups in total. The van der Waals surface area contributed by atoms with Gasteiger partial charge in [0.25, 0.3) is 0 Å². The molecule has 1 aliphatic rings. The molecule has 0 spiro atoms. The highest BCUT2D eigenvalue weighted by molar-refractivity contribution is 5.78. The predicted octanol–water partition coefficient (Wildman–Crippen LogP) is 2.90. The van der Waals surface area contributed by atoms with Crippen LogP contribution in [0.15, 0.2) is 0 Å². The molecule has 0 atom stereocenters. The van der Waals surface area contributed by atoms with Crippen molar-refractivity contribution >= 4 is 5.97 Å². The highest BCUT2D eigenvalue weighted by atomic mass is 16.4. The van der Waals surface area contributed by atoms with E-state index in [2.05, 4.69) is 33.0 Å². The van der Waals surface area contributed by atoms with Crippen LogP contribution in [0.2, 0.25) is 0 Å². The summed E-state index contributed by atoms with van der Waals surface area (Å²) in [6, 6.07) is 0. The summed E-state index contributed by atoms with van der Waals surface area (Å²) in [4.78, 5) is 11.5. The smallest absolute Gasteiger partial charge is 0.323 e. The standard InChI is InChI=1S/C14H27NO2/c1-10(2)9-15-14(13(16)17)7-5-12(6-8-14)11(3)4/h10-12,15H,5-9H2,1-4H3,(H,16,17). The molecule has 3 nitrogen and oxygen atoms in total. The molecule has 0 unspecified atom stereocenters. The second-order valence-corrected chi connectivity index (χ2v) is 6.24. The van der Waals surface area contributed by atoms with E-state index >= 15 is 0 Å². The molecule has 0 aliphatic heterocycles. The monoisotopic (exact) mass is 241 g/mol. The Kier molecular flexibility index (Phi) is 4.99. The molecule has 17 heavy (non-hydrogen) atoms. The van der Waals surface area contributed by atoms with E-state index in [0.29, 0.717) is 17.8 Å². The largest absolute Gasteiger partial charge is 0.480 e. The van der Waals surface area contributed by atoms with Gasteiger partial charge in [0.15, 0.2) is 0 Å². The van der Waals surface area contributed by atoms with Gasteiger partial charge in [0.2, 0.25) is 0 Å². The normalized spacial score (nSPS) is 29.9. The number of carbonyl (C=O) groups is 1. The zero-order valence-corrected chi connectivity index (χ0v) is 11.6. The predicted molar refractivity (Wildman–Crippen MR) is 70.0 cm³/mol. The molecular weight excluding hydrogens is 214 g/mol. The maximum absolute atomic E-state index is 11.5. The Morgan fingerprint density at radius 1 is 1.29 bits per heavy atom. The molecule has 0 heterocycles. The molecule has 0 aromatic carbocycles. The molecule has 0 amide bonds. The fraction of sp³-hybridized carbons (Fsp3) is 0.929. The number of carboxylic acids is 1.